The minimum absolute atomic E-state index is 0.00482. The number of oxime groups is 1. The largest absolute Gasteiger partial charge is 0.459 e. The van der Waals surface area contributed by atoms with Crippen LogP contribution < -0.4 is 9.47 Å². The first-order valence-electron chi connectivity index (χ1n) is 21.0. The molecule has 1 amide bonds. The van der Waals surface area contributed by atoms with Crippen LogP contribution in [-0.2, 0) is 20.9 Å². The van der Waals surface area contributed by atoms with E-state index in [4.69, 9.17) is 28.9 Å². The smallest absolute Gasteiger partial charge is 0.410 e. The van der Waals surface area contributed by atoms with Crippen LogP contribution in [-0.4, -0.2) is 77.1 Å². The Morgan fingerprint density at radius 3 is 2.45 bits per heavy atom. The van der Waals surface area contributed by atoms with Crippen LogP contribution in [0.15, 0.2) is 102 Å². The van der Waals surface area contributed by atoms with Gasteiger partial charge in [0.15, 0.2) is 0 Å². The molecule has 13 heteroatoms. The van der Waals surface area contributed by atoms with E-state index in [1.807, 2.05) is 63.2 Å². The first-order valence-corrected chi connectivity index (χ1v) is 21.0. The molecule has 0 bridgehead atoms. The fourth-order valence-electron chi connectivity index (χ4n) is 8.85. The number of likely N-dealkylation sites (N-methyl/N-ethyl adjacent to an activating group) is 1. The van der Waals surface area contributed by atoms with Crippen molar-refractivity contribution in [2.75, 3.05) is 33.5 Å². The van der Waals surface area contributed by atoms with Gasteiger partial charge in [0.1, 0.15) is 29.9 Å². The fourth-order valence-corrected chi connectivity index (χ4v) is 8.85. The highest BCUT2D eigenvalue weighted by Gasteiger charge is 2.65. The summed E-state index contributed by atoms with van der Waals surface area (Å²) in [5, 5.41) is 36.2. The second-order valence-corrected chi connectivity index (χ2v) is 17.1. The van der Waals surface area contributed by atoms with E-state index >= 15 is 0 Å². The molecular formula is C47H59N3O10. The minimum atomic E-state index is -1.45. The van der Waals surface area contributed by atoms with Crippen molar-refractivity contribution < 1.29 is 43.7 Å². The van der Waals surface area contributed by atoms with Crippen LogP contribution in [0.5, 0.6) is 17.2 Å². The highest BCUT2D eigenvalue weighted by Crippen LogP contribution is 2.62. The summed E-state index contributed by atoms with van der Waals surface area (Å²) < 4.78 is 26.4. The van der Waals surface area contributed by atoms with Gasteiger partial charge in [0.05, 0.1) is 35.8 Å². The Bertz CT molecular complexity index is 2010. The summed E-state index contributed by atoms with van der Waals surface area (Å²) in [4.78, 5) is 32.9. The number of hydrogen-bond acceptors (Lipinski definition) is 11. The van der Waals surface area contributed by atoms with Crippen LogP contribution in [0.2, 0.25) is 0 Å². The third-order valence-corrected chi connectivity index (χ3v) is 11.5. The number of hydrogen-bond donors (Lipinski definition) is 2. The summed E-state index contributed by atoms with van der Waals surface area (Å²) in [7, 11) is 1.70. The molecule has 1 aliphatic heterocycles. The Morgan fingerprint density at radius 1 is 1.02 bits per heavy atom. The monoisotopic (exact) mass is 825 g/mol. The number of amides is 1. The third-order valence-electron chi connectivity index (χ3n) is 11.5. The average Bonchev–Trinajstić information content (AvgIpc) is 3.23. The minimum Gasteiger partial charge on any atom is -0.459 e. The number of allylic oxidation sites excluding steroid dienone is 1. The molecular weight excluding hydrogens is 767 g/mol. The summed E-state index contributed by atoms with van der Waals surface area (Å²) in [6, 6.07) is 20.6. The fraction of sp³-hybridized carbons (Fsp3) is 0.489. The van der Waals surface area contributed by atoms with Crippen molar-refractivity contribution in [1.82, 2.24) is 4.90 Å². The van der Waals surface area contributed by atoms with Crippen molar-refractivity contribution in [3.05, 3.63) is 118 Å². The predicted octanol–water partition coefficient (Wildman–Crippen LogP) is 9.34. The summed E-state index contributed by atoms with van der Waals surface area (Å²) in [5.74, 6) is -0.900. The molecule has 0 aromatic heterocycles. The Kier molecular flexibility index (Phi) is 14.7. The van der Waals surface area contributed by atoms with Crippen LogP contribution in [0.25, 0.3) is 0 Å². The molecule has 3 aromatic carbocycles. The van der Waals surface area contributed by atoms with E-state index < -0.39 is 28.8 Å². The molecule has 0 spiro atoms. The Hall–Kier alpha value is -5.24. The summed E-state index contributed by atoms with van der Waals surface area (Å²) in [6.07, 6.45) is 8.01. The number of unbranched alkanes of at least 4 members (excludes halogenated alkanes) is 2. The number of non-ortho nitro benzene ring substituents is 1. The maximum absolute atomic E-state index is 14.1. The lowest BCUT2D eigenvalue weighted by Crippen LogP contribution is -2.69. The maximum atomic E-state index is 14.1. The van der Waals surface area contributed by atoms with Gasteiger partial charge in [0, 0.05) is 44.2 Å². The van der Waals surface area contributed by atoms with E-state index in [2.05, 4.69) is 12.7 Å². The molecule has 3 aliphatic rings. The number of aliphatic hydroxyl groups is 2. The van der Waals surface area contributed by atoms with Crippen LogP contribution in [0, 0.1) is 33.3 Å². The molecule has 6 rings (SSSR count). The van der Waals surface area contributed by atoms with Crippen molar-refractivity contribution in [1.29, 1.82) is 0 Å². The molecule has 1 saturated carbocycles. The second-order valence-electron chi connectivity index (χ2n) is 17.1. The normalized spacial score (nSPS) is 23.7. The zero-order valence-electron chi connectivity index (χ0n) is 35.2. The molecule has 0 saturated heterocycles. The first kappa shape index (κ1) is 44.3. The topological polar surface area (TPSA) is 162 Å². The van der Waals surface area contributed by atoms with E-state index in [-0.39, 0.29) is 68.3 Å². The van der Waals surface area contributed by atoms with E-state index in [0.717, 1.165) is 42.4 Å². The Balaban J connectivity index is 1.55. The quantitative estimate of drug-likeness (QED) is 0.0516. The first-order chi connectivity index (χ1) is 28.9. The van der Waals surface area contributed by atoms with Crippen molar-refractivity contribution in [2.24, 2.45) is 28.3 Å². The maximum Gasteiger partial charge on any atom is 0.410 e. The van der Waals surface area contributed by atoms with Crippen LogP contribution in [0.4, 0.5) is 10.5 Å². The number of carbonyl (C=O) groups is 1. The summed E-state index contributed by atoms with van der Waals surface area (Å²) in [6.45, 7) is 10.7. The number of ether oxygens (including phenoxy) is 4. The van der Waals surface area contributed by atoms with Crippen molar-refractivity contribution >= 4 is 17.5 Å². The van der Waals surface area contributed by atoms with Gasteiger partial charge in [-0.3, -0.25) is 10.1 Å². The van der Waals surface area contributed by atoms with Gasteiger partial charge in [-0.25, -0.2) is 4.79 Å². The highest BCUT2D eigenvalue weighted by atomic mass is 16.7. The highest BCUT2D eigenvalue weighted by molar-refractivity contribution is 6.03. The molecule has 2 aliphatic carbocycles. The van der Waals surface area contributed by atoms with Gasteiger partial charge in [-0.15, -0.1) is 6.58 Å². The van der Waals surface area contributed by atoms with Crippen LogP contribution in [0.3, 0.4) is 0 Å². The number of nitro benzene ring substituents is 1. The predicted molar refractivity (Wildman–Crippen MR) is 228 cm³/mol. The molecule has 3 aromatic rings. The Labute approximate surface area is 352 Å². The number of nitrogens with zero attached hydrogens (tertiary/aromatic N) is 3. The molecule has 13 nitrogen and oxygen atoms in total. The van der Waals surface area contributed by atoms with Gasteiger partial charge in [-0.1, -0.05) is 87.3 Å². The second kappa shape index (κ2) is 19.9. The van der Waals surface area contributed by atoms with E-state index in [1.54, 1.807) is 36.2 Å². The molecule has 1 fully saturated rings. The van der Waals surface area contributed by atoms with E-state index in [0.29, 0.717) is 35.8 Å². The van der Waals surface area contributed by atoms with Gasteiger partial charge >= 0.3 is 6.09 Å². The van der Waals surface area contributed by atoms with Gasteiger partial charge in [-0.2, -0.15) is 0 Å². The zero-order chi connectivity index (χ0) is 42.9. The standard InChI is InChI=1S/C47H59N3O10/c1-6-25-57-47-42(49(5)45(53)56-31-46(2,3)4)29-40(48-58-30-32-15-8-7-9-16-32)38-26-33(17-10-12-23-51)37(20-11-13-24-52)43(44(38)47)39-28-36(21-22-41(39)60-47)59-35-19-14-18-34(27-35)50(54)55/h6-9,14-16,18-19,21-22,26-28,33,37,42-44,51-52H,1,10-13,17,20,23-25,29-31H2,2-5H3. The Morgan fingerprint density at radius 2 is 1.75 bits per heavy atom. The van der Waals surface area contributed by atoms with E-state index in [9.17, 15) is 25.1 Å². The molecule has 60 heavy (non-hydrogen) atoms. The number of benzene rings is 3. The number of carbonyl (C=O) groups excluding carboxylic acids is 1. The SMILES string of the molecule is C=CCOC12Oc3ccc(Oc4cccc([N+](=O)[O-])c4)cc3C3C(CCCCO)C(CCCCO)C=C(C(=NOCc4ccccc4)CC1N(C)C(=O)OCC(C)(C)C)C32. The van der Waals surface area contributed by atoms with Gasteiger partial charge < -0.3 is 38.9 Å². The lowest BCUT2D eigenvalue weighted by molar-refractivity contribution is -0.384. The van der Waals surface area contributed by atoms with Crippen molar-refractivity contribution in [3.8, 4) is 17.2 Å². The van der Waals surface area contributed by atoms with Crippen LogP contribution in [0.1, 0.15) is 82.8 Å². The number of nitro groups is 1. The molecule has 6 atom stereocenters. The zero-order valence-corrected chi connectivity index (χ0v) is 35.2. The van der Waals surface area contributed by atoms with Gasteiger partial charge in [0.25, 0.3) is 5.69 Å². The lowest BCUT2D eigenvalue weighted by Gasteiger charge is -2.59. The average molecular weight is 826 g/mol. The van der Waals surface area contributed by atoms with Crippen molar-refractivity contribution in [2.45, 2.75) is 90.1 Å². The van der Waals surface area contributed by atoms with Gasteiger partial charge in [0.2, 0.25) is 5.79 Å². The van der Waals surface area contributed by atoms with Crippen molar-refractivity contribution in [3.63, 3.8) is 0 Å². The number of rotatable bonds is 19. The molecule has 322 valence electrons. The number of aliphatic hydroxyl groups excluding tert-OH is 2. The lowest BCUT2D eigenvalue weighted by atomic mass is 9.55. The van der Waals surface area contributed by atoms with Crippen LogP contribution >= 0.6 is 0 Å². The molecule has 6 unspecified atom stereocenters. The molecule has 0 radical (unpaired) electrons. The number of fused-ring (bicyclic) bond motifs is 2. The van der Waals surface area contributed by atoms with E-state index in [1.165, 1.54) is 12.1 Å². The summed E-state index contributed by atoms with van der Waals surface area (Å²) in [5.41, 5.74) is 3.00. The van der Waals surface area contributed by atoms with Gasteiger partial charge in [-0.05, 0) is 78.3 Å². The molecule has 2 N–H and O–H groups in total. The summed E-state index contributed by atoms with van der Waals surface area (Å²) >= 11 is 0. The molecule has 1 heterocycles. The third kappa shape index (κ3) is 10.2.